The van der Waals surface area contributed by atoms with Gasteiger partial charge >= 0.3 is 0 Å². The lowest BCUT2D eigenvalue weighted by Crippen LogP contribution is -2.23. The van der Waals surface area contributed by atoms with Gasteiger partial charge in [0.2, 0.25) is 0 Å². The molecule has 0 saturated heterocycles. The van der Waals surface area contributed by atoms with Gasteiger partial charge in [-0.05, 0) is 23.8 Å². The predicted octanol–water partition coefficient (Wildman–Crippen LogP) is 1.91. The zero-order valence-corrected chi connectivity index (χ0v) is 11.5. The molecule has 1 amide bonds. The number of carbonyl (C=O) groups excluding carboxylic acids is 1. The van der Waals surface area contributed by atoms with Crippen LogP contribution in [0.5, 0.6) is 0 Å². The van der Waals surface area contributed by atoms with E-state index in [1.165, 1.54) is 0 Å². The van der Waals surface area contributed by atoms with Gasteiger partial charge in [0.05, 0.1) is 11.6 Å². The van der Waals surface area contributed by atoms with Crippen molar-refractivity contribution in [2.45, 2.75) is 6.54 Å². The summed E-state index contributed by atoms with van der Waals surface area (Å²) in [4.78, 5) is 14.6. The van der Waals surface area contributed by atoms with Crippen LogP contribution in [-0.4, -0.2) is 17.4 Å². The Morgan fingerprint density at radius 3 is 2.95 bits per heavy atom. The van der Waals surface area contributed by atoms with Crippen LogP contribution in [-0.2, 0) is 6.54 Å². The number of nitrogens with two attached hydrogens (primary N) is 1. The Hall–Kier alpha value is -2.22. The van der Waals surface area contributed by atoms with Crippen LogP contribution in [0.3, 0.4) is 0 Å². The molecule has 1 aromatic carbocycles. The smallest absolute Gasteiger partial charge is 0.268 e. The lowest BCUT2D eigenvalue weighted by molar-refractivity contribution is 0.0946. The fourth-order valence-electron chi connectivity index (χ4n) is 1.69. The van der Waals surface area contributed by atoms with Crippen molar-refractivity contribution >= 4 is 17.5 Å². The molecule has 20 heavy (non-hydrogen) atoms. The maximum Gasteiger partial charge on any atom is 0.268 e. The molecule has 1 heterocycles. The van der Waals surface area contributed by atoms with E-state index in [1.807, 2.05) is 24.3 Å². The summed E-state index contributed by atoms with van der Waals surface area (Å²) >= 11 is 5.75. The minimum atomic E-state index is -0.199. The first-order valence-electron chi connectivity index (χ1n) is 6.09. The monoisotopic (exact) mass is 287 g/mol. The number of aromatic amines is 1. The van der Waals surface area contributed by atoms with Crippen LogP contribution in [0.15, 0.2) is 36.5 Å². The van der Waals surface area contributed by atoms with Gasteiger partial charge in [-0.2, -0.15) is 0 Å². The van der Waals surface area contributed by atoms with Gasteiger partial charge in [-0.25, -0.2) is 0 Å². The van der Waals surface area contributed by atoms with Gasteiger partial charge in [0.25, 0.3) is 5.91 Å². The van der Waals surface area contributed by atoms with E-state index >= 15 is 0 Å². The minimum Gasteiger partial charge on any atom is -0.356 e. The van der Waals surface area contributed by atoms with Crippen LogP contribution in [0.4, 0.5) is 0 Å². The Kier molecular flexibility index (Phi) is 4.83. The van der Waals surface area contributed by atoms with Gasteiger partial charge in [-0.3, -0.25) is 4.79 Å². The molecule has 0 aliphatic carbocycles. The Bertz CT molecular complexity index is 667. The predicted molar refractivity (Wildman–Crippen MR) is 79.3 cm³/mol. The van der Waals surface area contributed by atoms with Crippen molar-refractivity contribution in [2.24, 2.45) is 5.73 Å². The molecule has 1 aromatic heterocycles. The maximum absolute atomic E-state index is 11.8. The van der Waals surface area contributed by atoms with Crippen LogP contribution in [0.25, 0.3) is 0 Å². The quantitative estimate of drug-likeness (QED) is 0.755. The van der Waals surface area contributed by atoms with E-state index in [0.29, 0.717) is 23.8 Å². The van der Waals surface area contributed by atoms with Crippen molar-refractivity contribution < 1.29 is 4.79 Å². The number of hydrogen-bond acceptors (Lipinski definition) is 2. The third kappa shape index (κ3) is 3.89. The van der Waals surface area contributed by atoms with Gasteiger partial charge in [0, 0.05) is 18.3 Å². The minimum absolute atomic E-state index is 0.199. The van der Waals surface area contributed by atoms with Crippen LogP contribution in [0, 0.1) is 11.8 Å². The summed E-state index contributed by atoms with van der Waals surface area (Å²) in [5, 5.41) is 3.32. The van der Waals surface area contributed by atoms with E-state index in [0.717, 1.165) is 11.1 Å². The summed E-state index contributed by atoms with van der Waals surface area (Å²) in [6.07, 6.45) is 1.57. The number of amides is 1. The fourth-order valence-corrected chi connectivity index (χ4v) is 1.85. The molecule has 0 aliphatic rings. The molecule has 5 heteroatoms. The highest BCUT2D eigenvalue weighted by Gasteiger charge is 2.07. The summed E-state index contributed by atoms with van der Waals surface area (Å²) in [5.41, 5.74) is 7.63. The highest BCUT2D eigenvalue weighted by atomic mass is 35.5. The lowest BCUT2D eigenvalue weighted by atomic mass is 10.1. The molecule has 0 aliphatic heterocycles. The van der Waals surface area contributed by atoms with Crippen molar-refractivity contribution in [1.29, 1.82) is 0 Å². The Morgan fingerprint density at radius 1 is 1.40 bits per heavy atom. The molecule has 0 saturated carbocycles. The Morgan fingerprint density at radius 2 is 2.25 bits per heavy atom. The maximum atomic E-state index is 11.8. The molecule has 2 rings (SSSR count). The molecule has 4 nitrogen and oxygen atoms in total. The average Bonchev–Trinajstić information content (AvgIpc) is 2.90. The van der Waals surface area contributed by atoms with Crippen molar-refractivity contribution in [1.82, 2.24) is 10.3 Å². The van der Waals surface area contributed by atoms with Crippen molar-refractivity contribution in [3.63, 3.8) is 0 Å². The van der Waals surface area contributed by atoms with Gasteiger partial charge in [-0.1, -0.05) is 35.6 Å². The van der Waals surface area contributed by atoms with Crippen molar-refractivity contribution in [3.05, 3.63) is 58.4 Å². The highest BCUT2D eigenvalue weighted by molar-refractivity contribution is 6.30. The number of aromatic nitrogens is 1. The van der Waals surface area contributed by atoms with E-state index in [4.69, 9.17) is 17.3 Å². The van der Waals surface area contributed by atoms with Crippen LogP contribution in [0.2, 0.25) is 5.02 Å². The molecular weight excluding hydrogens is 274 g/mol. The van der Waals surface area contributed by atoms with E-state index in [-0.39, 0.29) is 5.91 Å². The van der Waals surface area contributed by atoms with Gasteiger partial charge < -0.3 is 16.0 Å². The summed E-state index contributed by atoms with van der Waals surface area (Å²) in [6, 6.07) is 9.23. The number of H-pyrrole nitrogens is 1. The summed E-state index contributed by atoms with van der Waals surface area (Å²) in [7, 11) is 0. The molecule has 2 aromatic rings. The van der Waals surface area contributed by atoms with Crippen molar-refractivity contribution in [2.75, 3.05) is 6.54 Å². The van der Waals surface area contributed by atoms with Gasteiger partial charge in [-0.15, -0.1) is 0 Å². The van der Waals surface area contributed by atoms with Crippen LogP contribution >= 0.6 is 11.6 Å². The molecule has 0 atom stereocenters. The molecule has 4 N–H and O–H groups in total. The van der Waals surface area contributed by atoms with Crippen molar-refractivity contribution in [3.8, 4) is 11.8 Å². The zero-order valence-electron chi connectivity index (χ0n) is 10.7. The zero-order chi connectivity index (χ0) is 14.4. The van der Waals surface area contributed by atoms with Crippen LogP contribution in [0.1, 0.15) is 21.6 Å². The highest BCUT2D eigenvalue weighted by Crippen LogP contribution is 2.09. The molecule has 102 valence electrons. The second-order valence-corrected chi connectivity index (χ2v) is 4.56. The number of benzene rings is 1. The largest absolute Gasteiger partial charge is 0.356 e. The standard InChI is InChI=1S/C15H14ClN3O/c16-13-8-14(18-10-13)15(20)19-9-12-4-1-3-11(7-12)5-2-6-17/h1,3-4,7-8,10,18H,6,9,17H2,(H,19,20). The summed E-state index contributed by atoms with van der Waals surface area (Å²) in [6.45, 7) is 0.752. The first-order chi connectivity index (χ1) is 9.69. The SMILES string of the molecule is NCC#Cc1cccc(CNC(=O)c2cc(Cl)c[nH]2)c1. The molecule has 0 spiro atoms. The van der Waals surface area contributed by atoms with Gasteiger partial charge in [0.1, 0.15) is 5.69 Å². The second-order valence-electron chi connectivity index (χ2n) is 4.12. The van der Waals surface area contributed by atoms with Crippen LogP contribution < -0.4 is 11.1 Å². The first-order valence-corrected chi connectivity index (χ1v) is 6.47. The molecule has 0 unspecified atom stereocenters. The summed E-state index contributed by atoms with van der Waals surface area (Å²) in [5.74, 6) is 5.55. The number of carbonyl (C=O) groups is 1. The van der Waals surface area contributed by atoms with E-state index in [9.17, 15) is 4.79 Å². The number of halogens is 1. The number of nitrogens with one attached hydrogen (secondary N) is 2. The van der Waals surface area contributed by atoms with E-state index in [1.54, 1.807) is 12.3 Å². The lowest BCUT2D eigenvalue weighted by Gasteiger charge is -2.04. The second kappa shape index (κ2) is 6.80. The fraction of sp³-hybridized carbons (Fsp3) is 0.133. The topological polar surface area (TPSA) is 70.9 Å². The van der Waals surface area contributed by atoms with E-state index in [2.05, 4.69) is 22.1 Å². The molecular formula is C15H14ClN3O. The Balaban J connectivity index is 1.98. The first kappa shape index (κ1) is 14.2. The normalized spacial score (nSPS) is 9.70. The van der Waals surface area contributed by atoms with Gasteiger partial charge in [0.15, 0.2) is 0 Å². The third-order valence-corrected chi connectivity index (χ3v) is 2.83. The molecule has 0 bridgehead atoms. The molecule has 0 radical (unpaired) electrons. The average molecular weight is 288 g/mol. The number of rotatable bonds is 3. The van der Waals surface area contributed by atoms with E-state index < -0.39 is 0 Å². The number of hydrogen-bond donors (Lipinski definition) is 3. The Labute approximate surface area is 122 Å². The third-order valence-electron chi connectivity index (χ3n) is 2.61. The summed E-state index contributed by atoms with van der Waals surface area (Å²) < 4.78 is 0. The molecule has 0 fully saturated rings.